The van der Waals surface area contributed by atoms with E-state index in [4.69, 9.17) is 14.5 Å². The SMILES string of the molecule is O=C([C@H]1CCCO1)N1CCC(Oc2ccc(-c3ccc4ccccc4n3)cc2)CC1. The molecule has 2 aliphatic rings. The number of piperidine rings is 1. The number of nitrogens with zero attached hydrogens (tertiary/aromatic N) is 2. The van der Waals surface area contributed by atoms with E-state index < -0.39 is 0 Å². The molecule has 0 radical (unpaired) electrons. The van der Waals surface area contributed by atoms with Gasteiger partial charge in [-0.1, -0.05) is 24.3 Å². The zero-order valence-corrected chi connectivity index (χ0v) is 17.0. The molecule has 5 heteroatoms. The van der Waals surface area contributed by atoms with Gasteiger partial charge in [-0.3, -0.25) is 4.79 Å². The fourth-order valence-corrected chi connectivity index (χ4v) is 4.29. The number of rotatable bonds is 4. The summed E-state index contributed by atoms with van der Waals surface area (Å²) in [5.74, 6) is 1.02. The molecule has 3 aromatic rings. The van der Waals surface area contributed by atoms with Crippen LogP contribution in [0.4, 0.5) is 0 Å². The predicted molar refractivity (Wildman–Crippen MR) is 116 cm³/mol. The molecule has 2 aromatic carbocycles. The Bertz CT molecular complexity index is 1020. The Morgan fingerprint density at radius 1 is 0.967 bits per heavy atom. The highest BCUT2D eigenvalue weighted by molar-refractivity contribution is 5.82. The minimum Gasteiger partial charge on any atom is -0.490 e. The van der Waals surface area contributed by atoms with Crippen LogP contribution in [0.5, 0.6) is 5.75 Å². The number of para-hydroxylation sites is 1. The summed E-state index contributed by atoms with van der Waals surface area (Å²) in [6.07, 6.45) is 3.47. The van der Waals surface area contributed by atoms with Crippen LogP contribution >= 0.6 is 0 Å². The molecule has 1 amide bonds. The first-order valence-corrected chi connectivity index (χ1v) is 10.8. The minimum absolute atomic E-state index is 0.142. The van der Waals surface area contributed by atoms with Gasteiger partial charge in [0.25, 0.3) is 5.91 Å². The fourth-order valence-electron chi connectivity index (χ4n) is 4.29. The molecule has 30 heavy (non-hydrogen) atoms. The third kappa shape index (κ3) is 4.03. The number of amides is 1. The Morgan fingerprint density at radius 3 is 2.53 bits per heavy atom. The van der Waals surface area contributed by atoms with Crippen LogP contribution in [0, 0.1) is 0 Å². The van der Waals surface area contributed by atoms with Crippen molar-refractivity contribution in [3.05, 3.63) is 60.7 Å². The van der Waals surface area contributed by atoms with E-state index in [2.05, 4.69) is 30.3 Å². The van der Waals surface area contributed by atoms with Crippen molar-refractivity contribution >= 4 is 16.8 Å². The molecule has 2 aliphatic heterocycles. The van der Waals surface area contributed by atoms with E-state index in [1.807, 2.05) is 35.2 Å². The summed E-state index contributed by atoms with van der Waals surface area (Å²) >= 11 is 0. The minimum atomic E-state index is -0.223. The molecule has 154 valence electrons. The third-order valence-corrected chi connectivity index (χ3v) is 6.01. The van der Waals surface area contributed by atoms with E-state index >= 15 is 0 Å². The lowest BCUT2D eigenvalue weighted by Gasteiger charge is -2.33. The number of pyridine rings is 1. The van der Waals surface area contributed by atoms with Crippen molar-refractivity contribution in [2.24, 2.45) is 0 Å². The normalized spacial score (nSPS) is 19.9. The van der Waals surface area contributed by atoms with Gasteiger partial charge < -0.3 is 14.4 Å². The van der Waals surface area contributed by atoms with Gasteiger partial charge in [0.05, 0.1) is 11.2 Å². The van der Waals surface area contributed by atoms with Crippen LogP contribution in [0.15, 0.2) is 60.7 Å². The van der Waals surface area contributed by atoms with E-state index in [9.17, 15) is 4.79 Å². The highest BCUT2D eigenvalue weighted by Gasteiger charge is 2.31. The molecule has 0 aliphatic carbocycles. The highest BCUT2D eigenvalue weighted by Crippen LogP contribution is 2.26. The second-order valence-corrected chi connectivity index (χ2v) is 8.06. The summed E-state index contributed by atoms with van der Waals surface area (Å²) in [5.41, 5.74) is 3.03. The Kier molecular flexibility index (Phi) is 5.37. The summed E-state index contributed by atoms with van der Waals surface area (Å²) < 4.78 is 11.7. The van der Waals surface area contributed by atoms with Gasteiger partial charge in [0, 0.05) is 43.5 Å². The average Bonchev–Trinajstić information content (AvgIpc) is 3.34. The third-order valence-electron chi connectivity index (χ3n) is 6.01. The molecule has 5 nitrogen and oxygen atoms in total. The van der Waals surface area contributed by atoms with Crippen molar-refractivity contribution in [1.29, 1.82) is 0 Å². The Hall–Kier alpha value is -2.92. The number of hydrogen-bond donors (Lipinski definition) is 0. The first-order valence-electron chi connectivity index (χ1n) is 10.8. The number of ether oxygens (including phenoxy) is 2. The lowest BCUT2D eigenvalue weighted by atomic mass is 10.1. The number of fused-ring (bicyclic) bond motifs is 1. The molecule has 0 saturated carbocycles. The van der Waals surface area contributed by atoms with Crippen molar-refractivity contribution in [3.8, 4) is 17.0 Å². The topological polar surface area (TPSA) is 51.7 Å². The lowest BCUT2D eigenvalue weighted by molar-refractivity contribution is -0.142. The molecular formula is C25H26N2O3. The largest absolute Gasteiger partial charge is 0.490 e. The molecule has 2 saturated heterocycles. The van der Waals surface area contributed by atoms with Crippen LogP contribution in [0.2, 0.25) is 0 Å². The molecule has 0 unspecified atom stereocenters. The monoisotopic (exact) mass is 402 g/mol. The fraction of sp³-hybridized carbons (Fsp3) is 0.360. The van der Waals surface area contributed by atoms with Gasteiger partial charge in [-0.15, -0.1) is 0 Å². The van der Waals surface area contributed by atoms with Crippen molar-refractivity contribution in [3.63, 3.8) is 0 Å². The summed E-state index contributed by atoms with van der Waals surface area (Å²) in [6.45, 7) is 2.19. The molecule has 1 atom stereocenters. The second-order valence-electron chi connectivity index (χ2n) is 8.06. The van der Waals surface area contributed by atoms with E-state index in [0.717, 1.165) is 66.7 Å². The second kappa shape index (κ2) is 8.44. The first-order chi connectivity index (χ1) is 14.8. The van der Waals surface area contributed by atoms with Gasteiger partial charge in [0.1, 0.15) is 18.0 Å². The molecule has 0 bridgehead atoms. The van der Waals surface area contributed by atoms with Gasteiger partial charge in [-0.2, -0.15) is 0 Å². The van der Waals surface area contributed by atoms with Crippen molar-refractivity contribution < 1.29 is 14.3 Å². The zero-order chi connectivity index (χ0) is 20.3. The first kappa shape index (κ1) is 19.1. The summed E-state index contributed by atoms with van der Waals surface area (Å²) in [5, 5.41) is 1.14. The maximum atomic E-state index is 12.5. The van der Waals surface area contributed by atoms with Crippen LogP contribution < -0.4 is 4.74 Å². The zero-order valence-electron chi connectivity index (χ0n) is 17.0. The van der Waals surface area contributed by atoms with E-state index in [-0.39, 0.29) is 18.1 Å². The quantitative estimate of drug-likeness (QED) is 0.647. The van der Waals surface area contributed by atoms with Crippen molar-refractivity contribution in [2.75, 3.05) is 19.7 Å². The molecule has 1 aromatic heterocycles. The smallest absolute Gasteiger partial charge is 0.251 e. The van der Waals surface area contributed by atoms with Crippen LogP contribution in [0.1, 0.15) is 25.7 Å². The predicted octanol–water partition coefficient (Wildman–Crippen LogP) is 4.45. The van der Waals surface area contributed by atoms with Gasteiger partial charge in [-0.05, 0) is 49.2 Å². The molecule has 0 spiro atoms. The number of hydrogen-bond acceptors (Lipinski definition) is 4. The maximum absolute atomic E-state index is 12.5. The van der Waals surface area contributed by atoms with E-state index in [0.29, 0.717) is 6.61 Å². The molecule has 2 fully saturated rings. The Balaban J connectivity index is 1.19. The number of benzene rings is 2. The van der Waals surface area contributed by atoms with E-state index in [1.54, 1.807) is 0 Å². The van der Waals surface area contributed by atoms with Crippen molar-refractivity contribution in [1.82, 2.24) is 9.88 Å². The number of carbonyl (C=O) groups is 1. The number of carbonyl (C=O) groups excluding carboxylic acids is 1. The van der Waals surface area contributed by atoms with Crippen LogP contribution in [0.3, 0.4) is 0 Å². The highest BCUT2D eigenvalue weighted by atomic mass is 16.5. The van der Waals surface area contributed by atoms with Crippen molar-refractivity contribution in [2.45, 2.75) is 37.9 Å². The van der Waals surface area contributed by atoms with Gasteiger partial charge in [-0.25, -0.2) is 4.98 Å². The lowest BCUT2D eigenvalue weighted by Crippen LogP contribution is -2.45. The maximum Gasteiger partial charge on any atom is 0.251 e. The van der Waals surface area contributed by atoms with Crippen LogP contribution in [-0.4, -0.2) is 47.7 Å². The molecule has 5 rings (SSSR count). The van der Waals surface area contributed by atoms with Gasteiger partial charge >= 0.3 is 0 Å². The summed E-state index contributed by atoms with van der Waals surface area (Å²) in [6, 6.07) is 20.4. The summed E-state index contributed by atoms with van der Waals surface area (Å²) in [4.78, 5) is 19.2. The molecular weight excluding hydrogens is 376 g/mol. The molecule has 3 heterocycles. The average molecular weight is 402 g/mol. The Morgan fingerprint density at radius 2 is 1.77 bits per heavy atom. The Labute approximate surface area is 176 Å². The standard InChI is InChI=1S/C25H26N2O3/c28-25(24-6-3-17-29-24)27-15-13-21(14-16-27)30-20-10-7-19(8-11-20)23-12-9-18-4-1-2-5-22(18)26-23/h1-2,4-5,7-12,21,24H,3,6,13-17H2/t24-/m1/s1. The number of likely N-dealkylation sites (tertiary alicyclic amines) is 1. The van der Waals surface area contributed by atoms with Gasteiger partial charge in [0.15, 0.2) is 0 Å². The van der Waals surface area contributed by atoms with Crippen LogP contribution in [0.25, 0.3) is 22.2 Å². The van der Waals surface area contributed by atoms with E-state index in [1.165, 1.54) is 0 Å². The van der Waals surface area contributed by atoms with Gasteiger partial charge in [0.2, 0.25) is 0 Å². The van der Waals surface area contributed by atoms with Crippen LogP contribution in [-0.2, 0) is 9.53 Å². The summed E-state index contributed by atoms with van der Waals surface area (Å²) in [7, 11) is 0. The number of aromatic nitrogens is 1. The molecule has 0 N–H and O–H groups in total.